The van der Waals surface area contributed by atoms with Crippen LogP contribution in [-0.4, -0.2) is 18.0 Å². The molecule has 1 aliphatic rings. The number of ketones is 1. The fraction of sp³-hybridized carbons (Fsp3) is 0.583. The molecule has 0 N–H and O–H groups in total. The van der Waals surface area contributed by atoms with Gasteiger partial charge in [-0.05, 0) is 24.5 Å². The molecule has 1 fully saturated rings. The average molecular weight is 194 g/mol. The summed E-state index contributed by atoms with van der Waals surface area (Å²) in [6.45, 7) is 10.4. The molecule has 0 aromatic rings. The normalized spacial score (nSPS) is 26.5. The van der Waals surface area contributed by atoms with Gasteiger partial charge in [-0.2, -0.15) is 0 Å². The molecule has 0 aliphatic carbocycles. The summed E-state index contributed by atoms with van der Waals surface area (Å²) in [6.07, 6.45) is 5.78. The molecule has 1 saturated heterocycles. The highest BCUT2D eigenvalue weighted by atomic mass is 16.6. The van der Waals surface area contributed by atoms with Crippen LogP contribution in [-0.2, 0) is 9.53 Å². The Morgan fingerprint density at radius 3 is 2.64 bits per heavy atom. The standard InChI is InChI=1S/C12H18O2/c1-5-11(2,3)8-10(13)6-7-12(4)9-14-12/h5-7H,1,8-9H2,2-4H3/b7-6+. The molecule has 1 heterocycles. The van der Waals surface area contributed by atoms with Crippen molar-refractivity contribution < 1.29 is 9.53 Å². The second-order valence-electron chi connectivity index (χ2n) is 4.77. The first-order valence-corrected chi connectivity index (χ1v) is 4.87. The summed E-state index contributed by atoms with van der Waals surface area (Å²) in [7, 11) is 0. The van der Waals surface area contributed by atoms with Crippen LogP contribution in [0.2, 0.25) is 0 Å². The highest BCUT2D eigenvalue weighted by molar-refractivity contribution is 5.90. The highest BCUT2D eigenvalue weighted by Crippen LogP contribution is 2.28. The molecule has 1 rings (SSSR count). The lowest BCUT2D eigenvalue weighted by molar-refractivity contribution is -0.115. The summed E-state index contributed by atoms with van der Waals surface area (Å²) in [5.74, 6) is 0.131. The van der Waals surface area contributed by atoms with Gasteiger partial charge in [0.1, 0.15) is 5.60 Å². The fourth-order valence-corrected chi connectivity index (χ4v) is 1.06. The van der Waals surface area contributed by atoms with Gasteiger partial charge in [0.05, 0.1) is 6.61 Å². The number of carbonyl (C=O) groups excluding carboxylic acids is 1. The fourth-order valence-electron chi connectivity index (χ4n) is 1.06. The summed E-state index contributed by atoms with van der Waals surface area (Å²) in [6, 6.07) is 0. The minimum absolute atomic E-state index is 0.118. The van der Waals surface area contributed by atoms with Crippen molar-refractivity contribution in [3.8, 4) is 0 Å². The Kier molecular flexibility index (Phi) is 2.95. The number of carbonyl (C=O) groups is 1. The third-order valence-electron chi connectivity index (χ3n) is 2.40. The van der Waals surface area contributed by atoms with Crippen molar-refractivity contribution >= 4 is 5.78 Å². The van der Waals surface area contributed by atoms with Crippen molar-refractivity contribution in [1.82, 2.24) is 0 Å². The first-order chi connectivity index (χ1) is 6.37. The molecule has 0 spiro atoms. The Hall–Kier alpha value is -0.890. The van der Waals surface area contributed by atoms with Gasteiger partial charge in [0.15, 0.2) is 5.78 Å². The SMILES string of the molecule is C=CC(C)(C)CC(=O)/C=C/C1(C)CO1. The zero-order valence-corrected chi connectivity index (χ0v) is 9.17. The number of epoxide rings is 1. The molecular weight excluding hydrogens is 176 g/mol. The van der Waals surface area contributed by atoms with E-state index in [0.29, 0.717) is 6.42 Å². The summed E-state index contributed by atoms with van der Waals surface area (Å²) < 4.78 is 5.14. The third-order valence-corrected chi connectivity index (χ3v) is 2.40. The minimum atomic E-state index is -0.173. The van der Waals surface area contributed by atoms with Crippen LogP contribution in [0.25, 0.3) is 0 Å². The van der Waals surface area contributed by atoms with E-state index in [1.807, 2.05) is 32.9 Å². The lowest BCUT2D eigenvalue weighted by atomic mass is 9.87. The molecule has 0 aromatic heterocycles. The van der Waals surface area contributed by atoms with Crippen LogP contribution in [0, 0.1) is 5.41 Å². The van der Waals surface area contributed by atoms with Gasteiger partial charge >= 0.3 is 0 Å². The van der Waals surface area contributed by atoms with E-state index in [2.05, 4.69) is 6.58 Å². The Bertz CT molecular complexity index is 270. The molecule has 0 bridgehead atoms. The summed E-state index contributed by atoms with van der Waals surface area (Å²) in [4.78, 5) is 11.5. The van der Waals surface area contributed by atoms with Crippen molar-refractivity contribution in [1.29, 1.82) is 0 Å². The molecule has 1 unspecified atom stereocenters. The molecule has 0 amide bonds. The number of rotatable bonds is 5. The molecule has 0 saturated carbocycles. The number of allylic oxidation sites excluding steroid dienone is 2. The van der Waals surface area contributed by atoms with Crippen molar-refractivity contribution in [3.05, 3.63) is 24.8 Å². The number of hydrogen-bond donors (Lipinski definition) is 0. The molecule has 2 heteroatoms. The van der Waals surface area contributed by atoms with Crippen LogP contribution in [0.1, 0.15) is 27.2 Å². The lowest BCUT2D eigenvalue weighted by Gasteiger charge is -2.16. The predicted molar refractivity (Wildman–Crippen MR) is 57.1 cm³/mol. The van der Waals surface area contributed by atoms with Crippen LogP contribution in [0.4, 0.5) is 0 Å². The second-order valence-corrected chi connectivity index (χ2v) is 4.77. The average Bonchev–Trinajstić information content (AvgIpc) is 2.81. The monoisotopic (exact) mass is 194 g/mol. The van der Waals surface area contributed by atoms with Crippen molar-refractivity contribution in [2.75, 3.05) is 6.61 Å². The van der Waals surface area contributed by atoms with E-state index in [1.165, 1.54) is 0 Å². The van der Waals surface area contributed by atoms with Crippen LogP contribution < -0.4 is 0 Å². The molecule has 0 aromatic carbocycles. The van der Waals surface area contributed by atoms with Crippen molar-refractivity contribution in [3.63, 3.8) is 0 Å². The summed E-state index contributed by atoms with van der Waals surface area (Å²) in [5, 5.41) is 0. The maximum absolute atomic E-state index is 11.5. The third kappa shape index (κ3) is 3.46. The zero-order valence-electron chi connectivity index (χ0n) is 9.17. The van der Waals surface area contributed by atoms with E-state index in [-0.39, 0.29) is 16.8 Å². The number of hydrogen-bond acceptors (Lipinski definition) is 2. The van der Waals surface area contributed by atoms with Crippen LogP contribution in [0.15, 0.2) is 24.8 Å². The van der Waals surface area contributed by atoms with Gasteiger partial charge in [0, 0.05) is 6.42 Å². The van der Waals surface area contributed by atoms with Gasteiger partial charge in [0.25, 0.3) is 0 Å². The molecule has 0 radical (unpaired) electrons. The quantitative estimate of drug-likeness (QED) is 0.382. The van der Waals surface area contributed by atoms with E-state index in [4.69, 9.17) is 4.74 Å². The summed E-state index contributed by atoms with van der Waals surface area (Å²) in [5.41, 5.74) is -0.291. The van der Waals surface area contributed by atoms with Crippen LogP contribution in [0.5, 0.6) is 0 Å². The minimum Gasteiger partial charge on any atom is -0.365 e. The maximum Gasteiger partial charge on any atom is 0.156 e. The Morgan fingerprint density at radius 1 is 1.64 bits per heavy atom. The van der Waals surface area contributed by atoms with Gasteiger partial charge in [-0.1, -0.05) is 19.9 Å². The Labute approximate surface area is 85.6 Å². The molecule has 1 atom stereocenters. The number of ether oxygens (including phenoxy) is 1. The maximum atomic E-state index is 11.5. The van der Waals surface area contributed by atoms with Gasteiger partial charge < -0.3 is 4.74 Å². The molecule has 78 valence electrons. The van der Waals surface area contributed by atoms with Gasteiger partial charge in [-0.3, -0.25) is 4.79 Å². The first-order valence-electron chi connectivity index (χ1n) is 4.87. The zero-order chi connectivity index (χ0) is 10.8. The lowest BCUT2D eigenvalue weighted by Crippen LogP contribution is -2.13. The highest BCUT2D eigenvalue weighted by Gasteiger charge is 2.36. The second kappa shape index (κ2) is 3.70. The van der Waals surface area contributed by atoms with E-state index >= 15 is 0 Å². The molecular formula is C12H18O2. The van der Waals surface area contributed by atoms with Crippen molar-refractivity contribution in [2.45, 2.75) is 32.8 Å². The van der Waals surface area contributed by atoms with Crippen LogP contribution in [0.3, 0.4) is 0 Å². The molecule has 14 heavy (non-hydrogen) atoms. The molecule has 2 nitrogen and oxygen atoms in total. The smallest absolute Gasteiger partial charge is 0.156 e. The van der Waals surface area contributed by atoms with Gasteiger partial charge in [-0.15, -0.1) is 6.58 Å². The van der Waals surface area contributed by atoms with E-state index in [1.54, 1.807) is 6.08 Å². The Balaban J connectivity index is 2.43. The topological polar surface area (TPSA) is 29.6 Å². The van der Waals surface area contributed by atoms with Gasteiger partial charge in [0.2, 0.25) is 0 Å². The predicted octanol–water partition coefficient (Wildman–Crippen LogP) is 2.50. The van der Waals surface area contributed by atoms with E-state index in [0.717, 1.165) is 6.61 Å². The molecule has 1 aliphatic heterocycles. The van der Waals surface area contributed by atoms with E-state index < -0.39 is 0 Å². The Morgan fingerprint density at radius 2 is 2.21 bits per heavy atom. The van der Waals surface area contributed by atoms with Crippen LogP contribution >= 0.6 is 0 Å². The summed E-state index contributed by atoms with van der Waals surface area (Å²) >= 11 is 0. The van der Waals surface area contributed by atoms with Crippen molar-refractivity contribution in [2.24, 2.45) is 5.41 Å². The largest absolute Gasteiger partial charge is 0.365 e. The van der Waals surface area contributed by atoms with Gasteiger partial charge in [-0.25, -0.2) is 0 Å². The first kappa shape index (κ1) is 11.2. The van der Waals surface area contributed by atoms with E-state index in [9.17, 15) is 4.79 Å².